The normalized spacial score (nSPS) is 17.7. The summed E-state index contributed by atoms with van der Waals surface area (Å²) in [4.78, 5) is 26.8. The number of carbonyl (C=O) groups is 2. The molecule has 0 saturated heterocycles. The second kappa shape index (κ2) is 6.97. The molecule has 0 aliphatic carbocycles. The van der Waals surface area contributed by atoms with E-state index in [1.807, 2.05) is 54.7 Å². The number of para-hydroxylation sites is 1. The molecular weight excluding hydrogens is 338 g/mol. The zero-order chi connectivity index (χ0) is 18.7. The van der Waals surface area contributed by atoms with Gasteiger partial charge in [-0.05, 0) is 6.07 Å². The summed E-state index contributed by atoms with van der Waals surface area (Å²) >= 11 is 0. The van der Waals surface area contributed by atoms with Gasteiger partial charge in [-0.15, -0.1) is 0 Å². The van der Waals surface area contributed by atoms with Gasteiger partial charge >= 0.3 is 0 Å². The maximum absolute atomic E-state index is 11.7. The number of nitrogens with zero attached hydrogens (tertiary/aromatic N) is 2. The number of rotatable bonds is 5. The summed E-state index contributed by atoms with van der Waals surface area (Å²) in [6, 6.07) is 22.0. The summed E-state index contributed by atoms with van der Waals surface area (Å²) in [5.41, 5.74) is 4.75. The van der Waals surface area contributed by atoms with Crippen molar-refractivity contribution in [3.05, 3.63) is 96.5 Å². The number of benzene rings is 2. The van der Waals surface area contributed by atoms with Gasteiger partial charge in [0.1, 0.15) is 24.1 Å². The van der Waals surface area contributed by atoms with E-state index in [9.17, 15) is 9.59 Å². The third-order valence-corrected chi connectivity index (χ3v) is 4.74. The van der Waals surface area contributed by atoms with Gasteiger partial charge in [0.15, 0.2) is 5.69 Å². The highest BCUT2D eigenvalue weighted by atomic mass is 16.2. The molecule has 27 heavy (non-hydrogen) atoms. The molecule has 4 rings (SSSR count). The fourth-order valence-corrected chi connectivity index (χ4v) is 3.59. The van der Waals surface area contributed by atoms with Gasteiger partial charge in [-0.25, -0.2) is 4.48 Å². The number of carbonyl (C=O) groups excluding carboxylic acids is 2. The van der Waals surface area contributed by atoms with Crippen molar-refractivity contribution >= 4 is 29.3 Å². The molecule has 1 amide bonds. The number of aldehydes is 1. The van der Waals surface area contributed by atoms with Crippen molar-refractivity contribution in [3.8, 4) is 0 Å². The van der Waals surface area contributed by atoms with Crippen molar-refractivity contribution in [2.75, 3.05) is 0 Å². The lowest BCUT2D eigenvalue weighted by Gasteiger charge is -2.31. The first-order valence-electron chi connectivity index (χ1n) is 8.64. The van der Waals surface area contributed by atoms with Crippen molar-refractivity contribution in [1.29, 1.82) is 0 Å². The van der Waals surface area contributed by atoms with E-state index < -0.39 is 5.91 Å². The summed E-state index contributed by atoms with van der Waals surface area (Å²) in [5.74, 6) is -0.662. The van der Waals surface area contributed by atoms with Gasteiger partial charge in [0, 0.05) is 36.2 Å². The highest BCUT2D eigenvalue weighted by Gasteiger charge is 2.41. The molecule has 1 unspecified atom stereocenters. The van der Waals surface area contributed by atoms with Crippen LogP contribution < -0.4 is 9.80 Å². The van der Waals surface area contributed by atoms with E-state index in [-0.39, 0.29) is 0 Å². The lowest BCUT2D eigenvalue weighted by molar-refractivity contribution is -0.130. The van der Waals surface area contributed by atoms with Gasteiger partial charge in [-0.3, -0.25) is 14.6 Å². The zero-order valence-corrected chi connectivity index (χ0v) is 14.6. The second-order valence-corrected chi connectivity index (χ2v) is 6.38. The first-order chi connectivity index (χ1) is 13.2. The minimum Gasteiger partial charge on any atom is -0.315 e. The number of nitrogens with one attached hydrogen (secondary N) is 1. The Morgan fingerprint density at radius 2 is 1.67 bits per heavy atom. The summed E-state index contributed by atoms with van der Waals surface area (Å²) in [7, 11) is 0. The number of quaternary nitrogens is 1. The molecule has 1 aliphatic heterocycles. The van der Waals surface area contributed by atoms with Crippen LogP contribution in [0.25, 0.3) is 5.70 Å². The SMILES string of the molecule is O=CC(=O)NC1=C[N+](Cc2ccccc2)(c2ccncc2)c2ccccc21. The molecule has 0 saturated carbocycles. The van der Waals surface area contributed by atoms with Crippen LogP contribution in [0.1, 0.15) is 11.1 Å². The summed E-state index contributed by atoms with van der Waals surface area (Å²) < 4.78 is 0.400. The topological polar surface area (TPSA) is 59.1 Å². The van der Waals surface area contributed by atoms with Crippen LogP contribution in [-0.2, 0) is 16.1 Å². The average Bonchev–Trinajstić information content (AvgIpc) is 3.04. The van der Waals surface area contributed by atoms with Crippen LogP contribution in [0.15, 0.2) is 85.3 Å². The lowest BCUT2D eigenvalue weighted by Crippen LogP contribution is -2.36. The summed E-state index contributed by atoms with van der Waals surface area (Å²) in [6.07, 6.45) is 5.81. The number of aromatic nitrogens is 1. The Bertz CT molecular complexity index is 1020. The van der Waals surface area contributed by atoms with Crippen LogP contribution in [0, 0.1) is 0 Å². The molecule has 1 N–H and O–H groups in total. The molecule has 0 radical (unpaired) electrons. The molecule has 5 nitrogen and oxygen atoms in total. The Morgan fingerprint density at radius 3 is 2.41 bits per heavy atom. The number of hydrogen-bond acceptors (Lipinski definition) is 3. The van der Waals surface area contributed by atoms with E-state index in [1.54, 1.807) is 12.4 Å². The van der Waals surface area contributed by atoms with Gasteiger partial charge in [-0.2, -0.15) is 0 Å². The molecule has 132 valence electrons. The Kier molecular flexibility index (Phi) is 4.36. The van der Waals surface area contributed by atoms with E-state index >= 15 is 0 Å². The third-order valence-electron chi connectivity index (χ3n) is 4.74. The maximum atomic E-state index is 11.7. The van der Waals surface area contributed by atoms with Gasteiger partial charge < -0.3 is 5.32 Å². The van der Waals surface area contributed by atoms with Gasteiger partial charge in [-0.1, -0.05) is 42.5 Å². The van der Waals surface area contributed by atoms with Crippen LogP contribution >= 0.6 is 0 Å². The molecule has 5 heteroatoms. The molecule has 2 aromatic carbocycles. The number of amides is 1. The lowest BCUT2D eigenvalue weighted by atomic mass is 10.1. The van der Waals surface area contributed by atoms with Crippen molar-refractivity contribution < 1.29 is 9.59 Å². The van der Waals surface area contributed by atoms with Crippen LogP contribution in [-0.4, -0.2) is 17.2 Å². The van der Waals surface area contributed by atoms with Gasteiger partial charge in [0.05, 0.1) is 5.56 Å². The van der Waals surface area contributed by atoms with E-state index in [1.165, 1.54) is 0 Å². The van der Waals surface area contributed by atoms with Crippen LogP contribution in [0.4, 0.5) is 11.4 Å². The molecule has 0 bridgehead atoms. The minimum atomic E-state index is -0.662. The molecule has 3 aromatic rings. The van der Waals surface area contributed by atoms with Gasteiger partial charge in [0.25, 0.3) is 5.91 Å². The Hall–Kier alpha value is -3.57. The first kappa shape index (κ1) is 16.9. The van der Waals surface area contributed by atoms with E-state index in [4.69, 9.17) is 0 Å². The first-order valence-corrected chi connectivity index (χ1v) is 8.64. The molecule has 1 aromatic heterocycles. The van der Waals surface area contributed by atoms with Crippen molar-refractivity contribution in [2.24, 2.45) is 0 Å². The molecule has 1 aliphatic rings. The Labute approximate surface area is 157 Å². The Morgan fingerprint density at radius 1 is 0.963 bits per heavy atom. The molecule has 2 heterocycles. The molecule has 1 atom stereocenters. The maximum Gasteiger partial charge on any atom is 0.288 e. The quantitative estimate of drug-likeness (QED) is 0.432. The predicted molar refractivity (Wildman–Crippen MR) is 104 cm³/mol. The van der Waals surface area contributed by atoms with E-state index in [0.29, 0.717) is 23.0 Å². The van der Waals surface area contributed by atoms with Crippen molar-refractivity contribution in [1.82, 2.24) is 14.8 Å². The number of pyridine rings is 1. The highest BCUT2D eigenvalue weighted by molar-refractivity contribution is 6.26. The fraction of sp³-hybridized carbons (Fsp3) is 0.0455. The molecule has 0 spiro atoms. The monoisotopic (exact) mass is 356 g/mol. The standard InChI is InChI=1S/C22H17N3O2/c26-16-22(27)24-20-15-25(18-10-12-23-13-11-18,14-17-6-2-1-3-7-17)21-9-5-4-8-19(20)21/h1-13,15-16H,14H2/p+1. The second-order valence-electron chi connectivity index (χ2n) is 6.38. The smallest absolute Gasteiger partial charge is 0.288 e. The molecular formula is C22H18N3O2+. The predicted octanol–water partition coefficient (Wildman–Crippen LogP) is 3.55. The largest absolute Gasteiger partial charge is 0.315 e. The molecule has 0 fully saturated rings. The highest BCUT2D eigenvalue weighted by Crippen LogP contribution is 2.46. The summed E-state index contributed by atoms with van der Waals surface area (Å²) in [6.45, 7) is 0.669. The van der Waals surface area contributed by atoms with E-state index in [0.717, 1.165) is 22.5 Å². The van der Waals surface area contributed by atoms with Crippen LogP contribution in [0.2, 0.25) is 0 Å². The fourth-order valence-electron chi connectivity index (χ4n) is 3.59. The average molecular weight is 356 g/mol. The minimum absolute atomic E-state index is 0.292. The number of hydrogen-bond donors (Lipinski definition) is 1. The van der Waals surface area contributed by atoms with Crippen molar-refractivity contribution in [3.63, 3.8) is 0 Å². The van der Waals surface area contributed by atoms with Gasteiger partial charge in [0.2, 0.25) is 6.29 Å². The van der Waals surface area contributed by atoms with E-state index in [2.05, 4.69) is 28.5 Å². The summed E-state index contributed by atoms with van der Waals surface area (Å²) in [5, 5.41) is 2.72. The zero-order valence-electron chi connectivity index (χ0n) is 14.6. The number of fused-ring (bicyclic) bond motifs is 1. The Balaban J connectivity index is 1.92. The van der Waals surface area contributed by atoms with Crippen LogP contribution in [0.5, 0.6) is 0 Å². The van der Waals surface area contributed by atoms with Crippen molar-refractivity contribution in [2.45, 2.75) is 6.54 Å². The third kappa shape index (κ3) is 3.05. The van der Waals surface area contributed by atoms with Crippen LogP contribution in [0.3, 0.4) is 0 Å².